The molecule has 1 aromatic heterocycles. The van der Waals surface area contributed by atoms with Crippen LogP contribution in [0.4, 0.5) is 17.2 Å². The molecule has 0 saturated heterocycles. The van der Waals surface area contributed by atoms with Crippen LogP contribution in [0.15, 0.2) is 71.0 Å². The minimum atomic E-state index is -0.727. The molecule has 1 heterocycles. The van der Waals surface area contributed by atoms with E-state index >= 15 is 0 Å². The van der Waals surface area contributed by atoms with Crippen molar-refractivity contribution >= 4 is 39.8 Å². The Hall–Kier alpha value is -4.73. The van der Waals surface area contributed by atoms with Gasteiger partial charge in [-0.2, -0.15) is 5.10 Å². The number of anilines is 1. The Balaban J connectivity index is 1.75. The molecule has 4 aromatic rings. The highest BCUT2D eigenvalue weighted by Crippen LogP contribution is 2.39. The third-order valence-corrected chi connectivity index (χ3v) is 4.72. The maximum atomic E-state index is 12.9. The molecule has 0 aliphatic rings. The maximum Gasteiger partial charge on any atom is 0.259 e. The SMILES string of the molecule is COc1ccc(NC(=O)c2cc3ccccc3c(N=Nc3[nH]ncc3C(N)=O)c2O)cc1. The van der Waals surface area contributed by atoms with Crippen LogP contribution in [-0.2, 0) is 0 Å². The zero-order chi connectivity index (χ0) is 22.7. The second kappa shape index (κ2) is 8.56. The summed E-state index contributed by atoms with van der Waals surface area (Å²) in [6, 6.07) is 15.4. The Kier molecular flexibility index (Phi) is 5.49. The first-order valence-electron chi connectivity index (χ1n) is 9.43. The highest BCUT2D eigenvalue weighted by molar-refractivity contribution is 6.11. The minimum absolute atomic E-state index is 0.00760. The van der Waals surface area contributed by atoms with Crippen LogP contribution >= 0.6 is 0 Å². The number of amides is 2. The van der Waals surface area contributed by atoms with E-state index in [0.29, 0.717) is 22.2 Å². The summed E-state index contributed by atoms with van der Waals surface area (Å²) in [6.07, 6.45) is 1.23. The number of phenols is 1. The molecule has 0 aliphatic heterocycles. The van der Waals surface area contributed by atoms with Crippen LogP contribution in [0.3, 0.4) is 0 Å². The number of H-pyrrole nitrogens is 1. The molecule has 10 nitrogen and oxygen atoms in total. The zero-order valence-corrected chi connectivity index (χ0v) is 16.9. The summed E-state index contributed by atoms with van der Waals surface area (Å²) in [7, 11) is 1.55. The standard InChI is InChI=1S/C22H18N6O4/c1-32-14-8-6-13(7-9-14)25-22(31)16-10-12-4-2-3-5-15(12)18(19(16)29)26-28-21-17(20(23)30)11-24-27-21/h2-11,29H,1H3,(H2,23,30)(H,24,27)(H,25,31). The van der Waals surface area contributed by atoms with Gasteiger partial charge in [-0.15, -0.1) is 10.2 Å². The number of nitrogens with one attached hydrogen (secondary N) is 2. The van der Waals surface area contributed by atoms with Gasteiger partial charge in [0.2, 0.25) is 0 Å². The molecule has 10 heteroatoms. The third kappa shape index (κ3) is 3.97. The molecule has 0 spiro atoms. The number of hydrogen-bond donors (Lipinski definition) is 4. The first kappa shape index (κ1) is 20.5. The Bertz CT molecular complexity index is 1340. The Labute approximate surface area is 181 Å². The topological polar surface area (TPSA) is 155 Å². The van der Waals surface area contributed by atoms with Crippen molar-refractivity contribution in [3.63, 3.8) is 0 Å². The van der Waals surface area contributed by atoms with E-state index in [1.54, 1.807) is 61.7 Å². The van der Waals surface area contributed by atoms with E-state index in [-0.39, 0.29) is 28.4 Å². The Morgan fingerprint density at radius 1 is 1.09 bits per heavy atom. The molecular formula is C22H18N6O4. The summed E-state index contributed by atoms with van der Waals surface area (Å²) in [5, 5.41) is 29.2. The lowest BCUT2D eigenvalue weighted by Crippen LogP contribution is -2.12. The van der Waals surface area contributed by atoms with Gasteiger partial charge >= 0.3 is 0 Å². The molecular weight excluding hydrogens is 412 g/mol. The van der Waals surface area contributed by atoms with Gasteiger partial charge in [-0.3, -0.25) is 14.7 Å². The third-order valence-electron chi connectivity index (χ3n) is 4.72. The van der Waals surface area contributed by atoms with Crippen molar-refractivity contribution in [2.75, 3.05) is 12.4 Å². The zero-order valence-electron chi connectivity index (χ0n) is 16.9. The number of nitrogens with zero attached hydrogens (tertiary/aromatic N) is 3. The Morgan fingerprint density at radius 2 is 1.84 bits per heavy atom. The van der Waals surface area contributed by atoms with Crippen molar-refractivity contribution in [1.29, 1.82) is 0 Å². The van der Waals surface area contributed by atoms with Crippen molar-refractivity contribution < 1.29 is 19.4 Å². The summed E-state index contributed by atoms with van der Waals surface area (Å²) in [5.74, 6) is -0.940. The number of carbonyl (C=O) groups is 2. The van der Waals surface area contributed by atoms with Gasteiger partial charge in [0.25, 0.3) is 11.8 Å². The number of azo groups is 1. The molecule has 0 aliphatic carbocycles. The van der Waals surface area contributed by atoms with Crippen LogP contribution in [0.2, 0.25) is 0 Å². The lowest BCUT2D eigenvalue weighted by Gasteiger charge is -2.11. The van der Waals surface area contributed by atoms with Crippen molar-refractivity contribution in [3.8, 4) is 11.5 Å². The van der Waals surface area contributed by atoms with Gasteiger partial charge in [0.1, 0.15) is 17.0 Å². The number of phenolic OH excluding ortho intramolecular Hbond substituents is 1. The molecule has 0 unspecified atom stereocenters. The van der Waals surface area contributed by atoms with Gasteiger partial charge in [0.05, 0.1) is 18.9 Å². The van der Waals surface area contributed by atoms with Crippen LogP contribution in [0.25, 0.3) is 10.8 Å². The van der Waals surface area contributed by atoms with Gasteiger partial charge in [0.15, 0.2) is 11.6 Å². The maximum absolute atomic E-state index is 12.9. The number of aromatic nitrogens is 2. The molecule has 0 fully saturated rings. The van der Waals surface area contributed by atoms with E-state index in [0.717, 1.165) is 0 Å². The minimum Gasteiger partial charge on any atom is -0.505 e. The summed E-state index contributed by atoms with van der Waals surface area (Å²) in [4.78, 5) is 24.4. The largest absolute Gasteiger partial charge is 0.505 e. The van der Waals surface area contributed by atoms with Crippen molar-refractivity contribution in [1.82, 2.24) is 10.2 Å². The van der Waals surface area contributed by atoms with Crippen LogP contribution in [0, 0.1) is 0 Å². The van der Waals surface area contributed by atoms with Crippen molar-refractivity contribution in [2.24, 2.45) is 16.0 Å². The molecule has 3 aromatic carbocycles. The predicted molar refractivity (Wildman–Crippen MR) is 118 cm³/mol. The number of rotatable bonds is 6. The molecule has 160 valence electrons. The lowest BCUT2D eigenvalue weighted by atomic mass is 10.0. The number of aromatic amines is 1. The summed E-state index contributed by atoms with van der Waals surface area (Å²) >= 11 is 0. The average molecular weight is 430 g/mol. The second-order valence-corrected chi connectivity index (χ2v) is 6.72. The van der Waals surface area contributed by atoms with E-state index in [1.807, 2.05) is 0 Å². The monoisotopic (exact) mass is 430 g/mol. The molecule has 0 radical (unpaired) electrons. The van der Waals surface area contributed by atoms with Gasteiger partial charge in [-0.05, 0) is 35.7 Å². The fourth-order valence-electron chi connectivity index (χ4n) is 3.10. The number of fused-ring (bicyclic) bond motifs is 1. The lowest BCUT2D eigenvalue weighted by molar-refractivity contribution is 0.0998. The molecule has 0 saturated carbocycles. The molecule has 5 N–H and O–H groups in total. The highest BCUT2D eigenvalue weighted by Gasteiger charge is 2.19. The van der Waals surface area contributed by atoms with Crippen molar-refractivity contribution in [3.05, 3.63) is 71.9 Å². The molecule has 2 amide bonds. The molecule has 0 bridgehead atoms. The molecule has 4 rings (SSSR count). The van der Waals surface area contributed by atoms with Crippen LogP contribution in [-0.4, -0.2) is 34.2 Å². The quantitative estimate of drug-likeness (QED) is 0.340. The van der Waals surface area contributed by atoms with Gasteiger partial charge in [0, 0.05) is 11.1 Å². The number of carbonyl (C=O) groups excluding carboxylic acids is 2. The number of methoxy groups -OCH3 is 1. The number of benzene rings is 3. The average Bonchev–Trinajstić information content (AvgIpc) is 3.27. The second-order valence-electron chi connectivity index (χ2n) is 6.72. The van der Waals surface area contributed by atoms with Crippen LogP contribution < -0.4 is 15.8 Å². The normalized spacial score (nSPS) is 11.0. The van der Waals surface area contributed by atoms with E-state index in [9.17, 15) is 14.7 Å². The highest BCUT2D eigenvalue weighted by atomic mass is 16.5. The first-order chi connectivity index (χ1) is 15.5. The van der Waals surface area contributed by atoms with Crippen LogP contribution in [0.1, 0.15) is 20.7 Å². The number of ether oxygens (including phenoxy) is 1. The predicted octanol–water partition coefficient (Wildman–Crippen LogP) is 4.04. The van der Waals surface area contributed by atoms with Gasteiger partial charge in [-0.1, -0.05) is 24.3 Å². The smallest absolute Gasteiger partial charge is 0.259 e. The number of primary amides is 1. The number of aromatic hydroxyl groups is 1. The van der Waals surface area contributed by atoms with Crippen molar-refractivity contribution in [2.45, 2.75) is 0 Å². The molecule has 0 atom stereocenters. The van der Waals surface area contributed by atoms with E-state index in [2.05, 4.69) is 25.7 Å². The summed E-state index contributed by atoms with van der Waals surface area (Å²) in [6.45, 7) is 0. The fourth-order valence-corrected chi connectivity index (χ4v) is 3.10. The van der Waals surface area contributed by atoms with Gasteiger partial charge < -0.3 is 20.9 Å². The van der Waals surface area contributed by atoms with E-state index in [4.69, 9.17) is 10.5 Å². The fraction of sp³-hybridized carbons (Fsp3) is 0.0455. The number of nitrogens with two attached hydrogens (primary N) is 1. The summed E-state index contributed by atoms with van der Waals surface area (Å²) < 4.78 is 5.11. The number of hydrogen-bond acceptors (Lipinski definition) is 7. The van der Waals surface area contributed by atoms with Crippen LogP contribution in [0.5, 0.6) is 11.5 Å². The van der Waals surface area contributed by atoms with E-state index < -0.39 is 11.8 Å². The van der Waals surface area contributed by atoms with E-state index in [1.165, 1.54) is 6.20 Å². The Morgan fingerprint density at radius 3 is 2.56 bits per heavy atom. The molecule has 32 heavy (non-hydrogen) atoms. The van der Waals surface area contributed by atoms with Gasteiger partial charge in [-0.25, -0.2) is 0 Å². The summed E-state index contributed by atoms with van der Waals surface area (Å²) in [5.41, 5.74) is 5.93. The first-order valence-corrected chi connectivity index (χ1v) is 9.43.